The molecule has 1 heteroatoms. The maximum atomic E-state index is 11.3. The van der Waals surface area contributed by atoms with Crippen molar-refractivity contribution in [2.45, 2.75) is 44.4 Å². The highest BCUT2D eigenvalue weighted by atomic mass is 16.1. The fraction of sp³-hybridized carbons (Fsp3) is 0.438. The number of hydrogen-bond donors (Lipinski definition) is 0. The second kappa shape index (κ2) is 3.83. The molecule has 1 fully saturated rings. The Labute approximate surface area is 103 Å². The molecule has 0 radical (unpaired) electrons. The summed E-state index contributed by atoms with van der Waals surface area (Å²) in [6.45, 7) is 1.65. The highest BCUT2D eigenvalue weighted by Crippen LogP contribution is 2.54. The van der Waals surface area contributed by atoms with Crippen molar-refractivity contribution in [1.29, 1.82) is 0 Å². The highest BCUT2D eigenvalue weighted by Gasteiger charge is 2.42. The van der Waals surface area contributed by atoms with Gasteiger partial charge in [0, 0.05) is 0 Å². The number of ketones is 1. The van der Waals surface area contributed by atoms with Gasteiger partial charge >= 0.3 is 0 Å². The lowest BCUT2D eigenvalue weighted by Crippen LogP contribution is -2.17. The molecule has 2 aliphatic rings. The zero-order valence-corrected chi connectivity index (χ0v) is 10.3. The minimum atomic E-state index is 0.171. The summed E-state index contributed by atoms with van der Waals surface area (Å²) in [7, 11) is 0. The third-order valence-corrected chi connectivity index (χ3v) is 4.31. The minimum absolute atomic E-state index is 0.171. The van der Waals surface area contributed by atoms with Crippen molar-refractivity contribution in [2.75, 3.05) is 0 Å². The number of hydrogen-bond acceptors (Lipinski definition) is 1. The van der Waals surface area contributed by atoms with E-state index in [9.17, 15) is 4.79 Å². The smallest absolute Gasteiger partial charge is 0.152 e. The topological polar surface area (TPSA) is 17.1 Å². The van der Waals surface area contributed by atoms with Crippen molar-refractivity contribution in [3.63, 3.8) is 0 Å². The van der Waals surface area contributed by atoms with Gasteiger partial charge in [-0.1, -0.05) is 37.1 Å². The molecule has 0 saturated heterocycles. The van der Waals surface area contributed by atoms with Crippen LogP contribution in [-0.4, -0.2) is 5.78 Å². The van der Waals surface area contributed by atoms with Crippen LogP contribution in [0.5, 0.6) is 0 Å². The summed E-state index contributed by atoms with van der Waals surface area (Å²) in [5, 5.41) is 0. The number of rotatable bonds is 1. The van der Waals surface area contributed by atoms with Crippen LogP contribution in [0.2, 0.25) is 0 Å². The molecular formula is C16H18O. The predicted molar refractivity (Wildman–Crippen MR) is 69.9 cm³/mol. The zero-order chi connectivity index (χ0) is 11.9. The Morgan fingerprint density at radius 1 is 1.24 bits per heavy atom. The van der Waals surface area contributed by atoms with Gasteiger partial charge in [-0.05, 0) is 54.4 Å². The van der Waals surface area contributed by atoms with E-state index in [0.717, 1.165) is 6.42 Å². The molecular weight excluding hydrogens is 208 g/mol. The molecule has 3 rings (SSSR count). The Hall–Kier alpha value is -1.37. The minimum Gasteiger partial charge on any atom is -0.295 e. The molecule has 2 aliphatic carbocycles. The first-order valence-electron chi connectivity index (χ1n) is 6.52. The van der Waals surface area contributed by atoms with E-state index >= 15 is 0 Å². The highest BCUT2D eigenvalue weighted by molar-refractivity contribution is 5.96. The van der Waals surface area contributed by atoms with E-state index < -0.39 is 0 Å². The third-order valence-electron chi connectivity index (χ3n) is 4.31. The molecule has 0 N–H and O–H groups in total. The van der Waals surface area contributed by atoms with Crippen molar-refractivity contribution >= 4 is 11.4 Å². The van der Waals surface area contributed by atoms with Gasteiger partial charge in [0.1, 0.15) is 0 Å². The van der Waals surface area contributed by atoms with Crippen LogP contribution in [0.25, 0.3) is 5.57 Å². The van der Waals surface area contributed by atoms with Crippen LogP contribution in [-0.2, 0) is 10.2 Å². The molecule has 0 amide bonds. The molecule has 1 aromatic carbocycles. The molecule has 0 aromatic heterocycles. The average Bonchev–Trinajstić information content (AvgIpc) is 2.88. The molecule has 0 aliphatic heterocycles. The zero-order valence-electron chi connectivity index (χ0n) is 10.3. The lowest BCUT2D eigenvalue weighted by atomic mass is 9.80. The van der Waals surface area contributed by atoms with Crippen molar-refractivity contribution < 1.29 is 4.79 Å². The standard InChI is InChI=1S/C16H18O/c1-12(17)10-13-11-16(8-4-5-9-16)15-7-3-2-6-14(13)15/h2-3,6-7,10H,4-5,8-9,11H2,1H3. The Morgan fingerprint density at radius 2 is 1.94 bits per heavy atom. The van der Waals surface area contributed by atoms with Gasteiger partial charge in [0.2, 0.25) is 0 Å². The van der Waals surface area contributed by atoms with E-state index in [1.807, 2.05) is 6.08 Å². The van der Waals surface area contributed by atoms with Gasteiger partial charge in [-0.3, -0.25) is 4.79 Å². The molecule has 1 spiro atoms. The average molecular weight is 226 g/mol. The van der Waals surface area contributed by atoms with E-state index in [2.05, 4.69) is 24.3 Å². The molecule has 17 heavy (non-hydrogen) atoms. The van der Waals surface area contributed by atoms with Crippen LogP contribution in [0.1, 0.15) is 50.2 Å². The predicted octanol–water partition coefficient (Wildman–Crippen LogP) is 3.87. The Balaban J connectivity index is 2.13. The Morgan fingerprint density at radius 3 is 2.65 bits per heavy atom. The van der Waals surface area contributed by atoms with Crippen molar-refractivity contribution in [1.82, 2.24) is 0 Å². The van der Waals surface area contributed by atoms with E-state index in [0.29, 0.717) is 5.41 Å². The summed E-state index contributed by atoms with van der Waals surface area (Å²) in [6.07, 6.45) is 8.17. The monoisotopic (exact) mass is 226 g/mol. The van der Waals surface area contributed by atoms with Crippen LogP contribution in [0.3, 0.4) is 0 Å². The summed E-state index contributed by atoms with van der Waals surface area (Å²) in [5.74, 6) is 0.171. The van der Waals surface area contributed by atoms with Crippen LogP contribution in [0, 0.1) is 0 Å². The van der Waals surface area contributed by atoms with Crippen LogP contribution in [0.15, 0.2) is 30.3 Å². The first-order chi connectivity index (χ1) is 8.21. The number of carbonyl (C=O) groups excluding carboxylic acids is 1. The molecule has 1 nitrogen and oxygen atoms in total. The SMILES string of the molecule is CC(=O)C=C1CC2(CCCC2)c2ccccc21. The molecule has 88 valence electrons. The fourth-order valence-electron chi connectivity index (χ4n) is 3.65. The normalized spacial score (nSPS) is 23.2. The Bertz CT molecular complexity index is 490. The number of carbonyl (C=O) groups is 1. The summed E-state index contributed by atoms with van der Waals surface area (Å²) in [5.41, 5.74) is 4.43. The van der Waals surface area contributed by atoms with Gasteiger partial charge in [-0.15, -0.1) is 0 Å². The first-order valence-corrected chi connectivity index (χ1v) is 6.52. The van der Waals surface area contributed by atoms with E-state index in [1.54, 1.807) is 6.92 Å². The van der Waals surface area contributed by atoms with Gasteiger partial charge in [0.25, 0.3) is 0 Å². The number of benzene rings is 1. The van der Waals surface area contributed by atoms with Crippen LogP contribution >= 0.6 is 0 Å². The van der Waals surface area contributed by atoms with Crippen LogP contribution in [0.4, 0.5) is 0 Å². The summed E-state index contributed by atoms with van der Waals surface area (Å²) >= 11 is 0. The molecule has 1 saturated carbocycles. The second-order valence-electron chi connectivity index (χ2n) is 5.49. The maximum Gasteiger partial charge on any atom is 0.152 e. The molecule has 1 aromatic rings. The van der Waals surface area contributed by atoms with Gasteiger partial charge in [-0.2, -0.15) is 0 Å². The van der Waals surface area contributed by atoms with Crippen molar-refractivity contribution in [2.24, 2.45) is 0 Å². The quantitative estimate of drug-likeness (QED) is 0.664. The number of allylic oxidation sites excluding steroid dienone is 2. The maximum absolute atomic E-state index is 11.3. The van der Waals surface area contributed by atoms with Crippen molar-refractivity contribution in [3.8, 4) is 0 Å². The molecule has 0 heterocycles. The van der Waals surface area contributed by atoms with Crippen molar-refractivity contribution in [3.05, 3.63) is 41.5 Å². The summed E-state index contributed by atoms with van der Waals surface area (Å²) in [4.78, 5) is 11.3. The summed E-state index contributed by atoms with van der Waals surface area (Å²) in [6, 6.07) is 8.66. The number of fused-ring (bicyclic) bond motifs is 2. The first kappa shape index (κ1) is 10.8. The third kappa shape index (κ3) is 1.65. The van der Waals surface area contributed by atoms with E-state index in [4.69, 9.17) is 0 Å². The van der Waals surface area contributed by atoms with Gasteiger partial charge < -0.3 is 0 Å². The lowest BCUT2D eigenvalue weighted by Gasteiger charge is -2.23. The second-order valence-corrected chi connectivity index (χ2v) is 5.49. The van der Waals surface area contributed by atoms with Gasteiger partial charge in [-0.25, -0.2) is 0 Å². The van der Waals surface area contributed by atoms with Gasteiger partial charge in [0.05, 0.1) is 0 Å². The Kier molecular flexibility index (Phi) is 2.43. The molecule has 0 atom stereocenters. The van der Waals surface area contributed by atoms with Gasteiger partial charge in [0.15, 0.2) is 5.78 Å². The lowest BCUT2D eigenvalue weighted by molar-refractivity contribution is -0.112. The molecule has 0 unspecified atom stereocenters. The fourth-order valence-corrected chi connectivity index (χ4v) is 3.65. The van der Waals surface area contributed by atoms with Crippen LogP contribution < -0.4 is 0 Å². The molecule has 0 bridgehead atoms. The van der Waals surface area contributed by atoms with E-state index in [-0.39, 0.29) is 5.78 Å². The largest absolute Gasteiger partial charge is 0.295 e. The van der Waals surface area contributed by atoms with E-state index in [1.165, 1.54) is 42.4 Å². The summed E-state index contributed by atoms with van der Waals surface area (Å²) < 4.78 is 0.